The van der Waals surface area contributed by atoms with Gasteiger partial charge in [0, 0.05) is 37.5 Å². The fourth-order valence-corrected chi connectivity index (χ4v) is 6.45. The quantitative estimate of drug-likeness (QED) is 0.195. The van der Waals surface area contributed by atoms with E-state index in [0.29, 0.717) is 17.3 Å². The van der Waals surface area contributed by atoms with Gasteiger partial charge in [-0.25, -0.2) is 4.79 Å². The number of carbonyl (C=O) groups excluding carboxylic acids is 1. The summed E-state index contributed by atoms with van der Waals surface area (Å²) in [5.41, 5.74) is 4.33. The minimum Gasteiger partial charge on any atom is -0.462 e. The van der Waals surface area contributed by atoms with E-state index < -0.39 is 0 Å². The number of rotatable bonds is 8. The minimum absolute atomic E-state index is 0.198. The molecule has 5 nitrogen and oxygen atoms in total. The molecule has 0 aliphatic carbocycles. The van der Waals surface area contributed by atoms with Crippen molar-refractivity contribution in [2.24, 2.45) is 0 Å². The number of nitrogens with one attached hydrogen (secondary N) is 1. The maximum absolute atomic E-state index is 12.8. The van der Waals surface area contributed by atoms with Gasteiger partial charge in [-0.2, -0.15) is 0 Å². The second-order valence-electron chi connectivity index (χ2n) is 9.52. The number of hydrogen-bond acceptors (Lipinski definition) is 5. The van der Waals surface area contributed by atoms with Crippen molar-refractivity contribution in [2.45, 2.75) is 19.4 Å². The van der Waals surface area contributed by atoms with Crippen LogP contribution in [0, 0.1) is 0 Å². The molecule has 39 heavy (non-hydrogen) atoms. The molecule has 4 aromatic rings. The van der Waals surface area contributed by atoms with E-state index >= 15 is 0 Å². The van der Waals surface area contributed by atoms with Crippen LogP contribution in [0.1, 0.15) is 44.9 Å². The van der Waals surface area contributed by atoms with Crippen LogP contribution in [0.3, 0.4) is 0 Å². The standard InChI is InChI=1S/C32H33N3O2S2/c1-2-37-31(36)28-23-27(22-24-12-6-3-7-13-24)39-30(28)33-32(38)35-20-18-34(19-21-35)29(25-14-8-4-9-15-25)26-16-10-5-11-17-26/h3-17,23,29H,2,18-22H2,1H3,(H,33,38). The number of nitrogens with zero attached hydrogens (tertiary/aromatic N) is 2. The summed E-state index contributed by atoms with van der Waals surface area (Å²) < 4.78 is 5.35. The molecule has 200 valence electrons. The molecular formula is C32H33N3O2S2. The van der Waals surface area contributed by atoms with Gasteiger partial charge in [-0.05, 0) is 41.9 Å². The lowest BCUT2D eigenvalue weighted by molar-refractivity contribution is 0.0528. The maximum atomic E-state index is 12.8. The van der Waals surface area contributed by atoms with Gasteiger partial charge in [-0.15, -0.1) is 11.3 Å². The Kier molecular flexibility index (Phi) is 9.04. The predicted molar refractivity (Wildman–Crippen MR) is 164 cm³/mol. The summed E-state index contributed by atoms with van der Waals surface area (Å²) in [5.74, 6) is -0.322. The van der Waals surface area contributed by atoms with Crippen molar-refractivity contribution in [3.63, 3.8) is 0 Å². The molecule has 1 saturated heterocycles. The van der Waals surface area contributed by atoms with E-state index in [2.05, 4.69) is 87.9 Å². The van der Waals surface area contributed by atoms with Gasteiger partial charge in [-0.3, -0.25) is 4.90 Å². The van der Waals surface area contributed by atoms with Crippen LogP contribution in [0.4, 0.5) is 5.00 Å². The molecule has 1 aromatic heterocycles. The molecule has 0 radical (unpaired) electrons. The zero-order valence-electron chi connectivity index (χ0n) is 22.1. The number of thiocarbonyl (C=S) groups is 1. The molecule has 0 unspecified atom stereocenters. The van der Waals surface area contributed by atoms with Crippen molar-refractivity contribution in [1.29, 1.82) is 0 Å². The van der Waals surface area contributed by atoms with Crippen molar-refractivity contribution in [1.82, 2.24) is 9.80 Å². The van der Waals surface area contributed by atoms with Gasteiger partial charge in [0.2, 0.25) is 0 Å². The molecule has 2 heterocycles. The summed E-state index contributed by atoms with van der Waals surface area (Å²) in [6.45, 7) is 5.52. The summed E-state index contributed by atoms with van der Waals surface area (Å²) in [5, 5.41) is 4.78. The lowest BCUT2D eigenvalue weighted by Crippen LogP contribution is -2.51. The van der Waals surface area contributed by atoms with Crippen LogP contribution < -0.4 is 5.32 Å². The average molecular weight is 556 g/mol. The highest BCUT2D eigenvalue weighted by atomic mass is 32.1. The van der Waals surface area contributed by atoms with Gasteiger partial charge >= 0.3 is 5.97 Å². The van der Waals surface area contributed by atoms with Crippen molar-refractivity contribution < 1.29 is 9.53 Å². The molecule has 0 amide bonds. The van der Waals surface area contributed by atoms with Crippen LogP contribution in [0.2, 0.25) is 0 Å². The van der Waals surface area contributed by atoms with Gasteiger partial charge in [0.1, 0.15) is 5.00 Å². The van der Waals surface area contributed by atoms with E-state index in [-0.39, 0.29) is 12.0 Å². The lowest BCUT2D eigenvalue weighted by Gasteiger charge is -2.40. The summed E-state index contributed by atoms with van der Waals surface area (Å²) in [6, 6.07) is 33.8. The molecule has 0 saturated carbocycles. The first-order valence-corrected chi connectivity index (χ1v) is 14.6. The first-order chi connectivity index (χ1) is 19.1. The molecule has 1 aliphatic heterocycles. The van der Waals surface area contributed by atoms with Crippen molar-refractivity contribution in [3.8, 4) is 0 Å². The van der Waals surface area contributed by atoms with E-state index in [1.54, 1.807) is 11.3 Å². The van der Waals surface area contributed by atoms with Gasteiger partial charge in [-0.1, -0.05) is 91.0 Å². The molecule has 7 heteroatoms. The number of piperazine rings is 1. The second-order valence-corrected chi connectivity index (χ2v) is 11.0. The summed E-state index contributed by atoms with van der Waals surface area (Å²) in [6.07, 6.45) is 0.755. The molecule has 0 spiro atoms. The van der Waals surface area contributed by atoms with Crippen LogP contribution >= 0.6 is 23.6 Å². The van der Waals surface area contributed by atoms with Crippen LogP contribution in [-0.2, 0) is 11.2 Å². The summed E-state index contributed by atoms with van der Waals surface area (Å²) >= 11 is 7.41. The van der Waals surface area contributed by atoms with Crippen LogP contribution in [0.15, 0.2) is 97.1 Å². The Morgan fingerprint density at radius 3 is 2.03 bits per heavy atom. The molecule has 1 fully saturated rings. The van der Waals surface area contributed by atoms with E-state index in [0.717, 1.165) is 42.5 Å². The molecule has 1 aliphatic rings. The number of carbonyl (C=O) groups is 1. The Morgan fingerprint density at radius 2 is 1.46 bits per heavy atom. The summed E-state index contributed by atoms with van der Waals surface area (Å²) in [4.78, 5) is 18.6. The van der Waals surface area contributed by atoms with Gasteiger partial charge < -0.3 is 15.0 Å². The van der Waals surface area contributed by atoms with Crippen molar-refractivity contribution >= 4 is 39.6 Å². The topological polar surface area (TPSA) is 44.8 Å². The largest absolute Gasteiger partial charge is 0.462 e. The molecule has 1 N–H and O–H groups in total. The van der Waals surface area contributed by atoms with E-state index in [9.17, 15) is 4.79 Å². The Morgan fingerprint density at radius 1 is 0.897 bits per heavy atom. The molecule has 0 atom stereocenters. The number of ether oxygens (including phenoxy) is 1. The maximum Gasteiger partial charge on any atom is 0.341 e. The number of benzene rings is 3. The normalized spacial score (nSPS) is 13.8. The predicted octanol–water partition coefficient (Wildman–Crippen LogP) is 6.62. The van der Waals surface area contributed by atoms with Gasteiger partial charge in [0.25, 0.3) is 0 Å². The van der Waals surface area contributed by atoms with Crippen molar-refractivity contribution in [2.75, 3.05) is 38.1 Å². The smallest absolute Gasteiger partial charge is 0.341 e. The van der Waals surface area contributed by atoms with Crippen molar-refractivity contribution in [3.05, 3.63) is 124 Å². The Bertz CT molecular complexity index is 1330. The monoisotopic (exact) mass is 555 g/mol. The summed E-state index contributed by atoms with van der Waals surface area (Å²) in [7, 11) is 0. The third kappa shape index (κ3) is 6.74. The molecular weight excluding hydrogens is 523 g/mol. The van der Waals surface area contributed by atoms with Crippen LogP contribution in [0.5, 0.6) is 0 Å². The van der Waals surface area contributed by atoms with E-state index in [1.165, 1.54) is 16.7 Å². The van der Waals surface area contributed by atoms with E-state index in [1.807, 2.05) is 31.2 Å². The Hall–Kier alpha value is -3.52. The number of esters is 1. The van der Waals surface area contributed by atoms with Crippen LogP contribution in [0.25, 0.3) is 0 Å². The number of anilines is 1. The fourth-order valence-electron chi connectivity index (χ4n) is 5.02. The molecule has 0 bridgehead atoms. The Balaban J connectivity index is 1.28. The zero-order chi connectivity index (χ0) is 27.0. The molecule has 3 aromatic carbocycles. The molecule has 5 rings (SSSR count). The highest BCUT2D eigenvalue weighted by Crippen LogP contribution is 2.32. The fraction of sp³-hybridized carbons (Fsp3) is 0.250. The highest BCUT2D eigenvalue weighted by Gasteiger charge is 2.28. The second kappa shape index (κ2) is 13.0. The third-order valence-corrected chi connectivity index (χ3v) is 8.33. The minimum atomic E-state index is -0.322. The highest BCUT2D eigenvalue weighted by molar-refractivity contribution is 7.80. The average Bonchev–Trinajstić information content (AvgIpc) is 3.37. The van der Waals surface area contributed by atoms with E-state index in [4.69, 9.17) is 17.0 Å². The van der Waals surface area contributed by atoms with Gasteiger partial charge in [0.05, 0.1) is 18.2 Å². The lowest BCUT2D eigenvalue weighted by atomic mass is 9.96. The Labute approximate surface area is 240 Å². The first-order valence-electron chi connectivity index (χ1n) is 13.4. The van der Waals surface area contributed by atoms with Gasteiger partial charge in [0.15, 0.2) is 5.11 Å². The number of hydrogen-bond donors (Lipinski definition) is 1. The zero-order valence-corrected chi connectivity index (χ0v) is 23.7. The third-order valence-electron chi connectivity index (χ3n) is 6.92. The SMILES string of the molecule is CCOC(=O)c1cc(Cc2ccccc2)sc1NC(=S)N1CCN(C(c2ccccc2)c2ccccc2)CC1. The first kappa shape index (κ1) is 27.1. The number of thiophene rings is 1. The van der Waals surface area contributed by atoms with Crippen LogP contribution in [-0.4, -0.2) is 53.7 Å².